The van der Waals surface area contributed by atoms with Gasteiger partial charge in [0.15, 0.2) is 0 Å². The summed E-state index contributed by atoms with van der Waals surface area (Å²) in [5, 5.41) is 23.2. The molecular weight excluding hydrogens is 464 g/mol. The van der Waals surface area contributed by atoms with Crippen LogP contribution in [0.1, 0.15) is 69.8 Å². The number of aromatic hydroxyl groups is 1. The molecule has 2 aromatic rings. The summed E-state index contributed by atoms with van der Waals surface area (Å²) in [5.41, 5.74) is 1.87. The molecule has 0 atom stereocenters. The molecule has 5 nitrogen and oxygen atoms in total. The van der Waals surface area contributed by atoms with E-state index in [1.807, 2.05) is 24.3 Å². The van der Waals surface area contributed by atoms with Crippen molar-refractivity contribution in [3.8, 4) is 11.8 Å². The average Bonchev–Trinajstić information content (AvgIpc) is 2.83. The van der Waals surface area contributed by atoms with Crippen LogP contribution in [-0.2, 0) is 0 Å². The first-order valence-electron chi connectivity index (χ1n) is 11.8. The van der Waals surface area contributed by atoms with Crippen molar-refractivity contribution >= 4 is 33.3 Å². The quantitative estimate of drug-likeness (QED) is 0.270. The lowest BCUT2D eigenvalue weighted by atomic mass is 9.89. The third-order valence-corrected chi connectivity index (χ3v) is 7.30. The predicted octanol–water partition coefficient (Wildman–Crippen LogP) is 7.09. The van der Waals surface area contributed by atoms with Gasteiger partial charge >= 0.3 is 0 Å². The summed E-state index contributed by atoms with van der Waals surface area (Å²) in [6.45, 7) is 0. The second-order valence-corrected chi connectivity index (χ2v) is 9.70. The molecule has 0 unspecified atom stereocenters. The maximum atomic E-state index is 10.6. The number of hydrogen-bond donors (Lipinski definition) is 2. The minimum absolute atomic E-state index is 0.0658. The number of phenols is 1. The van der Waals surface area contributed by atoms with Crippen molar-refractivity contribution < 1.29 is 5.11 Å². The van der Waals surface area contributed by atoms with Gasteiger partial charge in [0.25, 0.3) is 0 Å². The first kappa shape index (κ1) is 22.7. The van der Waals surface area contributed by atoms with Crippen LogP contribution < -0.4 is 5.32 Å². The number of guanidine groups is 1. The Morgan fingerprint density at radius 2 is 1.59 bits per heavy atom. The fourth-order valence-corrected chi connectivity index (χ4v) is 5.37. The third kappa shape index (κ3) is 5.45. The van der Waals surface area contributed by atoms with Crippen LogP contribution in [-0.4, -0.2) is 28.0 Å². The second-order valence-electron chi connectivity index (χ2n) is 8.85. The maximum absolute atomic E-state index is 10.6. The second kappa shape index (κ2) is 10.9. The van der Waals surface area contributed by atoms with Gasteiger partial charge in [-0.25, -0.2) is 4.99 Å². The number of nitrogens with one attached hydrogen (secondary N) is 1. The molecule has 32 heavy (non-hydrogen) atoms. The van der Waals surface area contributed by atoms with E-state index in [4.69, 9.17) is 4.99 Å². The van der Waals surface area contributed by atoms with Crippen molar-refractivity contribution in [1.82, 2.24) is 4.90 Å². The standard InChI is InChI=1S/C26H31BrN4O/c27-22-13-7-8-14-23(22)29-26(30-24-16-15-19(18-28)17-25(24)32)31(20-9-3-1-4-10-20)21-11-5-2-6-12-21/h7-8,13-17,20-21,32H,1-6,9-12H2,(H,29,30). The number of rotatable bonds is 4. The Bertz CT molecular complexity index is 970. The van der Waals surface area contributed by atoms with Crippen molar-refractivity contribution in [2.24, 2.45) is 4.99 Å². The zero-order chi connectivity index (χ0) is 22.3. The molecule has 6 heteroatoms. The summed E-state index contributed by atoms with van der Waals surface area (Å²) in [4.78, 5) is 7.62. The number of hydrogen-bond acceptors (Lipinski definition) is 3. The lowest BCUT2D eigenvalue weighted by Gasteiger charge is -2.43. The molecule has 0 aliphatic heterocycles. The third-order valence-electron chi connectivity index (χ3n) is 6.63. The summed E-state index contributed by atoms with van der Waals surface area (Å²) in [5.74, 6) is 0.854. The lowest BCUT2D eigenvalue weighted by molar-refractivity contribution is 0.157. The van der Waals surface area contributed by atoms with Gasteiger partial charge in [0, 0.05) is 16.6 Å². The number of nitrogens with zero attached hydrogens (tertiary/aromatic N) is 3. The molecule has 4 rings (SSSR count). The highest BCUT2D eigenvalue weighted by molar-refractivity contribution is 9.10. The van der Waals surface area contributed by atoms with Crippen LogP contribution >= 0.6 is 15.9 Å². The number of nitriles is 1. The highest BCUT2D eigenvalue weighted by Crippen LogP contribution is 2.34. The van der Waals surface area contributed by atoms with Gasteiger partial charge < -0.3 is 15.3 Å². The summed E-state index contributed by atoms with van der Waals surface area (Å²) in [7, 11) is 0. The van der Waals surface area contributed by atoms with Gasteiger partial charge in [-0.15, -0.1) is 0 Å². The van der Waals surface area contributed by atoms with Gasteiger partial charge in [0.05, 0.1) is 23.0 Å². The number of halogens is 1. The average molecular weight is 495 g/mol. The van der Waals surface area contributed by atoms with Crippen molar-refractivity contribution in [3.63, 3.8) is 0 Å². The molecule has 0 aromatic heterocycles. The Labute approximate surface area is 199 Å². The van der Waals surface area contributed by atoms with E-state index in [0.717, 1.165) is 16.1 Å². The van der Waals surface area contributed by atoms with Gasteiger partial charge in [0.2, 0.25) is 5.96 Å². The highest BCUT2D eigenvalue weighted by Gasteiger charge is 2.32. The SMILES string of the molecule is N#Cc1ccc(NC(=Nc2ccccc2Br)N(C2CCCCC2)C2CCCCC2)c(O)c1. The Kier molecular flexibility index (Phi) is 7.70. The Morgan fingerprint density at radius 1 is 0.969 bits per heavy atom. The molecule has 0 saturated heterocycles. The number of benzene rings is 2. The zero-order valence-corrected chi connectivity index (χ0v) is 20.0. The van der Waals surface area contributed by atoms with Gasteiger partial charge in [-0.2, -0.15) is 5.26 Å². The largest absolute Gasteiger partial charge is 0.506 e. The number of aliphatic imine (C=N–C) groups is 1. The fraction of sp³-hybridized carbons (Fsp3) is 0.462. The van der Waals surface area contributed by atoms with E-state index in [2.05, 4.69) is 32.2 Å². The molecule has 2 N–H and O–H groups in total. The Balaban J connectivity index is 1.76. The normalized spacial score (nSPS) is 18.2. The van der Waals surface area contributed by atoms with E-state index < -0.39 is 0 Å². The minimum Gasteiger partial charge on any atom is -0.506 e. The highest BCUT2D eigenvalue weighted by atomic mass is 79.9. The number of anilines is 1. The predicted molar refractivity (Wildman–Crippen MR) is 133 cm³/mol. The molecular formula is C26H31BrN4O. The monoisotopic (exact) mass is 494 g/mol. The smallest absolute Gasteiger partial charge is 0.204 e. The van der Waals surface area contributed by atoms with Gasteiger partial charge in [-0.05, 0) is 71.9 Å². The summed E-state index contributed by atoms with van der Waals surface area (Å²) in [6, 6.07) is 16.0. The van der Waals surface area contributed by atoms with Crippen LogP contribution in [0, 0.1) is 11.3 Å². The van der Waals surface area contributed by atoms with Crippen LogP contribution in [0.3, 0.4) is 0 Å². The molecule has 168 valence electrons. The van der Waals surface area contributed by atoms with Crippen LogP contribution in [0.4, 0.5) is 11.4 Å². The van der Waals surface area contributed by atoms with Crippen LogP contribution in [0.25, 0.3) is 0 Å². The van der Waals surface area contributed by atoms with Crippen LogP contribution in [0.2, 0.25) is 0 Å². The van der Waals surface area contributed by atoms with E-state index in [0.29, 0.717) is 23.3 Å². The van der Waals surface area contributed by atoms with Gasteiger partial charge in [-0.1, -0.05) is 50.7 Å². The summed E-state index contributed by atoms with van der Waals surface area (Å²) >= 11 is 3.65. The van der Waals surface area contributed by atoms with E-state index in [9.17, 15) is 10.4 Å². The van der Waals surface area contributed by atoms with Crippen LogP contribution in [0.5, 0.6) is 5.75 Å². The zero-order valence-electron chi connectivity index (χ0n) is 18.4. The van der Waals surface area contributed by atoms with Crippen LogP contribution in [0.15, 0.2) is 51.9 Å². The van der Waals surface area contributed by atoms with Crippen molar-refractivity contribution in [1.29, 1.82) is 5.26 Å². The maximum Gasteiger partial charge on any atom is 0.204 e. The molecule has 0 radical (unpaired) electrons. The molecule has 2 fully saturated rings. The molecule has 0 amide bonds. The Hall–Kier alpha value is -2.52. The van der Waals surface area contributed by atoms with E-state index in [1.165, 1.54) is 70.3 Å². The van der Waals surface area contributed by atoms with E-state index in [1.54, 1.807) is 12.1 Å². The number of para-hydroxylation sites is 1. The first-order chi connectivity index (χ1) is 15.7. The Morgan fingerprint density at radius 3 is 2.16 bits per heavy atom. The number of phenolic OH excluding ortho intramolecular Hbond substituents is 1. The molecule has 0 spiro atoms. The van der Waals surface area contributed by atoms with Gasteiger partial charge in [0.1, 0.15) is 5.75 Å². The molecule has 2 saturated carbocycles. The fourth-order valence-electron chi connectivity index (χ4n) is 5.00. The topological polar surface area (TPSA) is 71.7 Å². The lowest BCUT2D eigenvalue weighted by Crippen LogP contribution is -2.51. The van der Waals surface area contributed by atoms with Crippen molar-refractivity contribution in [2.45, 2.75) is 76.3 Å². The van der Waals surface area contributed by atoms with E-state index >= 15 is 0 Å². The molecule has 2 aromatic carbocycles. The van der Waals surface area contributed by atoms with Crippen molar-refractivity contribution in [2.75, 3.05) is 5.32 Å². The summed E-state index contributed by atoms with van der Waals surface area (Å²) in [6.07, 6.45) is 12.3. The molecule has 0 heterocycles. The molecule has 0 bridgehead atoms. The molecule has 2 aliphatic carbocycles. The minimum atomic E-state index is 0.0658. The first-order valence-corrected chi connectivity index (χ1v) is 12.6. The van der Waals surface area contributed by atoms with Gasteiger partial charge in [-0.3, -0.25) is 0 Å². The molecule has 2 aliphatic rings. The van der Waals surface area contributed by atoms with Crippen molar-refractivity contribution in [3.05, 3.63) is 52.5 Å². The summed E-state index contributed by atoms with van der Waals surface area (Å²) < 4.78 is 0.940. The van der Waals surface area contributed by atoms with E-state index in [-0.39, 0.29) is 5.75 Å².